The Bertz CT molecular complexity index is 297. The summed E-state index contributed by atoms with van der Waals surface area (Å²) in [6.45, 7) is 13.6. The Kier molecular flexibility index (Phi) is 6.82. The molecule has 0 aliphatic carbocycles. The molecule has 0 aromatic carbocycles. The van der Waals surface area contributed by atoms with E-state index in [2.05, 4.69) is 10.6 Å². The molecular weight excluding hydrogens is 260 g/mol. The van der Waals surface area contributed by atoms with Crippen LogP contribution >= 0.6 is 0 Å². The molecule has 118 valence electrons. The summed E-state index contributed by atoms with van der Waals surface area (Å²) >= 11 is 0. The Balaban J connectivity index is 3.87. The average molecular weight is 288 g/mol. The van der Waals surface area contributed by atoms with Crippen molar-refractivity contribution < 1.29 is 19.1 Å². The third-order valence-electron chi connectivity index (χ3n) is 1.99. The maximum absolute atomic E-state index is 11.4. The first-order valence-electron chi connectivity index (χ1n) is 6.83. The predicted octanol–water partition coefficient (Wildman–Crippen LogP) is 2.67. The molecule has 20 heavy (non-hydrogen) atoms. The molecule has 0 radical (unpaired) electrons. The topological polar surface area (TPSA) is 76.7 Å². The summed E-state index contributed by atoms with van der Waals surface area (Å²) in [7, 11) is 0. The lowest BCUT2D eigenvalue weighted by Crippen LogP contribution is -2.39. The van der Waals surface area contributed by atoms with Gasteiger partial charge in [0.1, 0.15) is 11.2 Å². The second-order valence-electron chi connectivity index (χ2n) is 6.87. The summed E-state index contributed by atoms with van der Waals surface area (Å²) in [6.07, 6.45) is -0.914. The Morgan fingerprint density at radius 1 is 0.850 bits per heavy atom. The summed E-state index contributed by atoms with van der Waals surface area (Å²) in [5.74, 6) is 0.0787. The van der Waals surface area contributed by atoms with Crippen molar-refractivity contribution in [2.75, 3.05) is 13.1 Å². The first kappa shape index (κ1) is 18.5. The highest BCUT2D eigenvalue weighted by molar-refractivity contribution is 5.68. The molecular formula is C14H28N2O4. The number of ether oxygens (including phenoxy) is 2. The number of hydrogen-bond donors (Lipinski definition) is 2. The normalized spacial score (nSPS) is 12.0. The molecule has 0 fully saturated rings. The van der Waals surface area contributed by atoms with Crippen molar-refractivity contribution in [2.24, 2.45) is 5.92 Å². The quantitative estimate of drug-likeness (QED) is 0.834. The molecule has 6 heteroatoms. The molecule has 0 aromatic heterocycles. The van der Waals surface area contributed by atoms with Crippen molar-refractivity contribution in [2.45, 2.75) is 59.7 Å². The lowest BCUT2D eigenvalue weighted by atomic mass is 10.2. The van der Waals surface area contributed by atoms with Gasteiger partial charge in [0.05, 0.1) is 0 Å². The van der Waals surface area contributed by atoms with Crippen LogP contribution in [0.25, 0.3) is 0 Å². The lowest BCUT2D eigenvalue weighted by Gasteiger charge is -2.22. The van der Waals surface area contributed by atoms with Crippen LogP contribution in [0.2, 0.25) is 0 Å². The van der Waals surface area contributed by atoms with Gasteiger partial charge < -0.3 is 20.1 Å². The van der Waals surface area contributed by atoms with Gasteiger partial charge in [-0.15, -0.1) is 0 Å². The number of amides is 2. The zero-order valence-electron chi connectivity index (χ0n) is 13.6. The molecule has 2 N–H and O–H groups in total. The molecule has 0 unspecified atom stereocenters. The zero-order valence-corrected chi connectivity index (χ0v) is 13.6. The summed E-state index contributed by atoms with van der Waals surface area (Å²) < 4.78 is 10.2. The highest BCUT2D eigenvalue weighted by atomic mass is 16.6. The second kappa shape index (κ2) is 7.36. The number of hydrogen-bond acceptors (Lipinski definition) is 4. The van der Waals surface area contributed by atoms with Crippen LogP contribution in [0, 0.1) is 5.92 Å². The van der Waals surface area contributed by atoms with E-state index in [0.717, 1.165) is 0 Å². The van der Waals surface area contributed by atoms with Crippen molar-refractivity contribution in [3.63, 3.8) is 0 Å². The number of nitrogens with one attached hydrogen (secondary N) is 2. The van der Waals surface area contributed by atoms with Crippen molar-refractivity contribution in [3.05, 3.63) is 0 Å². The number of carbonyl (C=O) groups excluding carboxylic acids is 2. The van der Waals surface area contributed by atoms with Crippen LogP contribution in [0.4, 0.5) is 9.59 Å². The lowest BCUT2D eigenvalue weighted by molar-refractivity contribution is 0.0511. The molecule has 0 atom stereocenters. The van der Waals surface area contributed by atoms with Crippen LogP contribution in [-0.2, 0) is 9.47 Å². The molecule has 0 aliphatic heterocycles. The monoisotopic (exact) mass is 288 g/mol. The van der Waals surface area contributed by atoms with E-state index in [-0.39, 0.29) is 5.92 Å². The van der Waals surface area contributed by atoms with Crippen LogP contribution < -0.4 is 10.6 Å². The van der Waals surface area contributed by atoms with E-state index in [1.54, 1.807) is 41.5 Å². The van der Waals surface area contributed by atoms with Gasteiger partial charge in [0.15, 0.2) is 0 Å². The smallest absolute Gasteiger partial charge is 0.407 e. The van der Waals surface area contributed by atoms with Crippen LogP contribution in [-0.4, -0.2) is 36.5 Å². The van der Waals surface area contributed by atoms with Crippen molar-refractivity contribution in [1.29, 1.82) is 0 Å². The van der Waals surface area contributed by atoms with Gasteiger partial charge in [-0.3, -0.25) is 0 Å². The maximum Gasteiger partial charge on any atom is 0.407 e. The molecule has 0 heterocycles. The van der Waals surface area contributed by atoms with Gasteiger partial charge in [-0.25, -0.2) is 9.59 Å². The highest BCUT2D eigenvalue weighted by Crippen LogP contribution is 2.07. The van der Waals surface area contributed by atoms with Gasteiger partial charge >= 0.3 is 12.2 Å². The molecule has 0 spiro atoms. The van der Waals surface area contributed by atoms with Crippen LogP contribution in [0.15, 0.2) is 0 Å². The third kappa shape index (κ3) is 11.6. The van der Waals surface area contributed by atoms with Gasteiger partial charge in [-0.05, 0) is 47.5 Å². The van der Waals surface area contributed by atoms with E-state index in [1.807, 2.05) is 6.92 Å². The van der Waals surface area contributed by atoms with Crippen molar-refractivity contribution in [3.8, 4) is 0 Å². The molecule has 6 nitrogen and oxygen atoms in total. The minimum Gasteiger partial charge on any atom is -0.444 e. The molecule has 0 saturated heterocycles. The minimum atomic E-state index is -0.512. The Labute approximate surface area is 121 Å². The van der Waals surface area contributed by atoms with Gasteiger partial charge in [-0.1, -0.05) is 6.92 Å². The van der Waals surface area contributed by atoms with E-state index < -0.39 is 23.4 Å². The van der Waals surface area contributed by atoms with E-state index in [9.17, 15) is 9.59 Å². The Morgan fingerprint density at radius 3 is 1.40 bits per heavy atom. The Morgan fingerprint density at radius 2 is 1.15 bits per heavy atom. The largest absolute Gasteiger partial charge is 0.444 e. The minimum absolute atomic E-state index is 0.0787. The molecule has 0 aromatic rings. The standard InChI is InChI=1S/C14H28N2O4/c1-10(8-15-11(17)19-13(2,3)4)9-16-12(18)20-14(5,6)7/h10H,8-9H2,1-7H3,(H,15,17)(H,16,18). The average Bonchev–Trinajstić information content (AvgIpc) is 2.18. The summed E-state index contributed by atoms with van der Waals surface area (Å²) in [5.41, 5.74) is -1.02. The SMILES string of the molecule is CC(CNC(=O)OC(C)(C)C)CNC(=O)OC(C)(C)C. The molecule has 0 saturated carbocycles. The number of carbonyl (C=O) groups is 2. The number of rotatable bonds is 4. The van der Waals surface area contributed by atoms with E-state index in [0.29, 0.717) is 13.1 Å². The van der Waals surface area contributed by atoms with Crippen LogP contribution in [0.3, 0.4) is 0 Å². The summed E-state index contributed by atoms with van der Waals surface area (Å²) in [5, 5.41) is 5.32. The second-order valence-corrected chi connectivity index (χ2v) is 6.87. The van der Waals surface area contributed by atoms with Crippen molar-refractivity contribution >= 4 is 12.2 Å². The molecule has 0 bridgehead atoms. The summed E-state index contributed by atoms with van der Waals surface area (Å²) in [4.78, 5) is 22.9. The third-order valence-corrected chi connectivity index (χ3v) is 1.99. The highest BCUT2D eigenvalue weighted by Gasteiger charge is 2.18. The first-order chi connectivity index (χ1) is 8.89. The molecule has 0 rings (SSSR count). The van der Waals surface area contributed by atoms with E-state index in [4.69, 9.17) is 9.47 Å². The fraction of sp³-hybridized carbons (Fsp3) is 0.857. The van der Waals surface area contributed by atoms with Gasteiger partial charge in [0.25, 0.3) is 0 Å². The zero-order chi connectivity index (χ0) is 16.0. The van der Waals surface area contributed by atoms with Crippen LogP contribution in [0.5, 0.6) is 0 Å². The first-order valence-corrected chi connectivity index (χ1v) is 6.83. The van der Waals surface area contributed by atoms with E-state index in [1.165, 1.54) is 0 Å². The van der Waals surface area contributed by atoms with Gasteiger partial charge in [0.2, 0.25) is 0 Å². The molecule has 0 aliphatic rings. The van der Waals surface area contributed by atoms with E-state index >= 15 is 0 Å². The Hall–Kier alpha value is -1.46. The van der Waals surface area contributed by atoms with Crippen molar-refractivity contribution in [1.82, 2.24) is 10.6 Å². The van der Waals surface area contributed by atoms with Gasteiger partial charge in [0, 0.05) is 13.1 Å². The van der Waals surface area contributed by atoms with Crippen LogP contribution in [0.1, 0.15) is 48.5 Å². The maximum atomic E-state index is 11.4. The molecule has 2 amide bonds. The predicted molar refractivity (Wildman–Crippen MR) is 77.6 cm³/mol. The fourth-order valence-corrected chi connectivity index (χ4v) is 1.22. The summed E-state index contributed by atoms with van der Waals surface area (Å²) in [6, 6.07) is 0. The van der Waals surface area contributed by atoms with Gasteiger partial charge in [-0.2, -0.15) is 0 Å². The number of alkyl carbamates (subject to hydrolysis) is 2. The fourth-order valence-electron chi connectivity index (χ4n) is 1.22.